The van der Waals surface area contributed by atoms with Crippen LogP contribution in [-0.4, -0.2) is 36.9 Å². The quantitative estimate of drug-likeness (QED) is 0.472. The Balaban J connectivity index is 1.56. The van der Waals surface area contributed by atoms with Gasteiger partial charge in [0.25, 0.3) is 0 Å². The Labute approximate surface area is 210 Å². The number of sulfonamides is 1. The number of rotatable bonds is 6. The predicted octanol–water partition coefficient (Wildman–Crippen LogP) is 5.46. The summed E-state index contributed by atoms with van der Waals surface area (Å²) in [4.78, 5) is 12.9. The van der Waals surface area contributed by atoms with Crippen LogP contribution in [0.5, 0.6) is 0 Å². The van der Waals surface area contributed by atoms with Crippen molar-refractivity contribution in [2.45, 2.75) is 38.5 Å². The lowest BCUT2D eigenvalue weighted by molar-refractivity contribution is -0.120. The summed E-state index contributed by atoms with van der Waals surface area (Å²) in [6, 6.07) is 13.0. The Bertz CT molecular complexity index is 1380. The summed E-state index contributed by atoms with van der Waals surface area (Å²) in [7, 11) is -3.93. The van der Waals surface area contributed by atoms with Crippen LogP contribution >= 0.6 is 11.6 Å². The highest BCUT2D eigenvalue weighted by molar-refractivity contribution is 7.89. The third kappa shape index (κ3) is 5.50. The topological polar surface area (TPSA) is 92.5 Å². The molecule has 0 bridgehead atoms. The van der Waals surface area contributed by atoms with Crippen molar-refractivity contribution >= 4 is 45.4 Å². The number of nitrogens with zero attached hydrogens (tertiary/aromatic N) is 2. The van der Waals surface area contributed by atoms with Gasteiger partial charge in [0.15, 0.2) is 10.7 Å². The highest BCUT2D eigenvalue weighted by Crippen LogP contribution is 2.30. The third-order valence-electron chi connectivity index (χ3n) is 6.17. The highest BCUT2D eigenvalue weighted by Gasteiger charge is 2.37. The molecule has 3 aromatic rings. The maximum absolute atomic E-state index is 13.6. The first-order valence-corrected chi connectivity index (χ1v) is 13.3. The van der Waals surface area contributed by atoms with Gasteiger partial charge >= 0.3 is 0 Å². The molecule has 1 aromatic heterocycles. The van der Waals surface area contributed by atoms with Crippen molar-refractivity contribution in [1.82, 2.24) is 9.46 Å². The van der Waals surface area contributed by atoms with E-state index in [0.29, 0.717) is 30.1 Å². The monoisotopic (exact) mass is 513 g/mol. The number of anilines is 1. The Kier molecular flexibility index (Phi) is 7.44. The lowest BCUT2D eigenvalue weighted by Crippen LogP contribution is -2.43. The molecular weight excluding hydrogens is 486 g/mol. The SMILES string of the molecule is Cc1ccc(C)c(/C=C/c2onc(C)c2S(=O)(=O)N2CCCC(C(=O)Nc3ccccc3Cl)C2)c1. The average Bonchev–Trinajstić information content (AvgIpc) is 3.22. The van der Waals surface area contributed by atoms with Crippen LogP contribution in [0.25, 0.3) is 12.2 Å². The summed E-state index contributed by atoms with van der Waals surface area (Å²) >= 11 is 6.16. The van der Waals surface area contributed by atoms with E-state index >= 15 is 0 Å². The highest BCUT2D eigenvalue weighted by atomic mass is 35.5. The molecule has 1 fully saturated rings. The molecule has 1 saturated heterocycles. The zero-order valence-corrected chi connectivity index (χ0v) is 21.5. The number of nitrogens with one attached hydrogen (secondary N) is 1. The molecule has 35 heavy (non-hydrogen) atoms. The molecule has 2 aromatic carbocycles. The molecule has 9 heteroatoms. The van der Waals surface area contributed by atoms with E-state index in [4.69, 9.17) is 16.1 Å². The molecule has 1 N–H and O–H groups in total. The second-order valence-electron chi connectivity index (χ2n) is 8.83. The number of halogens is 1. The lowest BCUT2D eigenvalue weighted by Gasteiger charge is -2.31. The van der Waals surface area contributed by atoms with Crippen molar-refractivity contribution in [1.29, 1.82) is 0 Å². The van der Waals surface area contributed by atoms with Gasteiger partial charge in [-0.3, -0.25) is 4.79 Å². The molecule has 1 aliphatic heterocycles. The zero-order valence-electron chi connectivity index (χ0n) is 19.9. The number of hydrogen-bond acceptors (Lipinski definition) is 5. The second-order valence-corrected chi connectivity index (χ2v) is 11.1. The van der Waals surface area contributed by atoms with Crippen molar-refractivity contribution in [2.24, 2.45) is 5.92 Å². The molecule has 1 unspecified atom stereocenters. The van der Waals surface area contributed by atoms with Crippen molar-refractivity contribution in [2.75, 3.05) is 18.4 Å². The molecule has 1 atom stereocenters. The Morgan fingerprint density at radius 3 is 2.71 bits per heavy atom. The van der Waals surface area contributed by atoms with Crippen molar-refractivity contribution < 1.29 is 17.7 Å². The predicted molar refractivity (Wildman–Crippen MR) is 138 cm³/mol. The summed E-state index contributed by atoms with van der Waals surface area (Å²) < 4.78 is 34.0. The fourth-order valence-corrected chi connectivity index (χ4v) is 6.16. The number of carbonyl (C=O) groups is 1. The Morgan fingerprint density at radius 2 is 1.94 bits per heavy atom. The summed E-state index contributed by atoms with van der Waals surface area (Å²) in [6.45, 7) is 5.99. The Morgan fingerprint density at radius 1 is 1.17 bits per heavy atom. The van der Waals surface area contributed by atoms with Crippen molar-refractivity contribution in [3.8, 4) is 0 Å². The van der Waals surface area contributed by atoms with Gasteiger partial charge in [0.2, 0.25) is 15.9 Å². The van der Waals surface area contributed by atoms with Gasteiger partial charge in [0.1, 0.15) is 5.69 Å². The summed E-state index contributed by atoms with van der Waals surface area (Å²) in [5.74, 6) is -0.579. The zero-order chi connectivity index (χ0) is 25.2. The first-order chi connectivity index (χ1) is 16.7. The van der Waals surface area contributed by atoms with Gasteiger partial charge in [-0.2, -0.15) is 4.31 Å². The number of para-hydroxylation sites is 1. The van der Waals surface area contributed by atoms with Gasteiger partial charge in [0, 0.05) is 13.1 Å². The molecule has 0 aliphatic carbocycles. The van der Waals surface area contributed by atoms with Crippen LogP contribution in [0.15, 0.2) is 51.9 Å². The first kappa shape index (κ1) is 25.2. The normalized spacial score (nSPS) is 17.1. The smallest absolute Gasteiger partial charge is 0.248 e. The van der Waals surface area contributed by atoms with E-state index in [9.17, 15) is 13.2 Å². The van der Waals surface area contributed by atoms with E-state index in [1.807, 2.05) is 38.1 Å². The van der Waals surface area contributed by atoms with Crippen LogP contribution in [-0.2, 0) is 14.8 Å². The maximum Gasteiger partial charge on any atom is 0.248 e. The van der Waals surface area contributed by atoms with Crippen molar-refractivity contribution in [3.63, 3.8) is 0 Å². The molecular formula is C26H28ClN3O4S. The molecule has 0 saturated carbocycles. The van der Waals surface area contributed by atoms with Crippen LogP contribution in [0.1, 0.15) is 41.0 Å². The molecule has 184 valence electrons. The number of benzene rings is 2. The number of carbonyl (C=O) groups excluding carboxylic acids is 1. The largest absolute Gasteiger partial charge is 0.355 e. The van der Waals surface area contributed by atoms with E-state index < -0.39 is 15.9 Å². The minimum atomic E-state index is -3.93. The minimum Gasteiger partial charge on any atom is -0.355 e. The molecule has 2 heterocycles. The van der Waals surface area contributed by atoms with Gasteiger partial charge in [-0.15, -0.1) is 0 Å². The van der Waals surface area contributed by atoms with Gasteiger partial charge in [0.05, 0.1) is 16.6 Å². The first-order valence-electron chi connectivity index (χ1n) is 11.4. The van der Waals surface area contributed by atoms with E-state index in [2.05, 4.69) is 10.5 Å². The molecule has 4 rings (SSSR count). The molecule has 1 aliphatic rings. The van der Waals surface area contributed by atoms with E-state index in [0.717, 1.165) is 16.7 Å². The number of aryl methyl sites for hydroxylation is 3. The van der Waals surface area contributed by atoms with Gasteiger partial charge < -0.3 is 9.84 Å². The van der Waals surface area contributed by atoms with E-state index in [1.165, 1.54) is 4.31 Å². The van der Waals surface area contributed by atoms with Gasteiger partial charge in [-0.05, 0) is 62.9 Å². The van der Waals surface area contributed by atoms with Crippen LogP contribution in [0.4, 0.5) is 5.69 Å². The summed E-state index contributed by atoms with van der Waals surface area (Å²) in [6.07, 6.45) is 4.62. The van der Waals surface area contributed by atoms with E-state index in [-0.39, 0.29) is 28.8 Å². The Hall–Kier alpha value is -2.94. The summed E-state index contributed by atoms with van der Waals surface area (Å²) in [5.41, 5.74) is 3.93. The standard InChI is InChI=1S/C26H28ClN3O4S/c1-17-10-11-18(2)20(15-17)12-13-24-25(19(3)29-34-24)35(32,33)30-14-6-7-21(16-30)26(31)28-23-9-5-4-8-22(23)27/h4-5,8-13,15,21H,6-7,14,16H2,1-3H3,(H,28,31)/b13-12+. The average molecular weight is 514 g/mol. The summed E-state index contributed by atoms with van der Waals surface area (Å²) in [5, 5.41) is 7.18. The minimum absolute atomic E-state index is 0.0335. The van der Waals surface area contributed by atoms with Crippen LogP contribution < -0.4 is 5.32 Å². The third-order valence-corrected chi connectivity index (χ3v) is 8.52. The van der Waals surface area contributed by atoms with Crippen molar-refractivity contribution in [3.05, 3.63) is 75.6 Å². The van der Waals surface area contributed by atoms with Gasteiger partial charge in [-0.1, -0.05) is 58.7 Å². The molecule has 0 spiro atoms. The van der Waals surface area contributed by atoms with Crippen LogP contribution in [0.3, 0.4) is 0 Å². The van der Waals surface area contributed by atoms with Crippen LogP contribution in [0.2, 0.25) is 5.02 Å². The fraction of sp³-hybridized carbons (Fsp3) is 0.308. The van der Waals surface area contributed by atoms with E-state index in [1.54, 1.807) is 37.3 Å². The second kappa shape index (κ2) is 10.4. The number of amides is 1. The lowest BCUT2D eigenvalue weighted by atomic mass is 9.99. The van der Waals surface area contributed by atoms with Gasteiger partial charge in [-0.25, -0.2) is 8.42 Å². The van der Waals surface area contributed by atoms with Crippen LogP contribution in [0, 0.1) is 26.7 Å². The number of aromatic nitrogens is 1. The maximum atomic E-state index is 13.6. The number of piperidine rings is 1. The fourth-order valence-electron chi connectivity index (χ4n) is 4.20. The molecule has 0 radical (unpaired) electrons. The molecule has 1 amide bonds. The molecule has 7 nitrogen and oxygen atoms in total. The number of hydrogen-bond donors (Lipinski definition) is 1.